The van der Waals surface area contributed by atoms with Gasteiger partial charge in [0.2, 0.25) is 0 Å². The maximum absolute atomic E-state index is 13.5. The number of aliphatic hydroxyl groups is 1. The summed E-state index contributed by atoms with van der Waals surface area (Å²) in [6, 6.07) is 10.3. The fraction of sp³-hybridized carbons (Fsp3) is 0.316. The van der Waals surface area contributed by atoms with Gasteiger partial charge in [0.05, 0.1) is 5.60 Å². The summed E-state index contributed by atoms with van der Waals surface area (Å²) < 4.78 is 26.4. The lowest BCUT2D eigenvalue weighted by Crippen LogP contribution is -2.23. The Hall–Kier alpha value is -2.27. The molecular weight excluding hydrogens is 312 g/mol. The molecule has 0 saturated heterocycles. The van der Waals surface area contributed by atoms with Gasteiger partial charge in [0.1, 0.15) is 11.6 Å². The van der Waals surface area contributed by atoms with Gasteiger partial charge in [0.25, 0.3) is 5.91 Å². The molecule has 2 N–H and O–H groups in total. The molecule has 0 aliphatic carbocycles. The average molecular weight is 333 g/mol. The first-order chi connectivity index (χ1) is 11.2. The number of benzene rings is 2. The van der Waals surface area contributed by atoms with Crippen LogP contribution in [0.3, 0.4) is 0 Å². The molecule has 0 atom stereocenters. The molecule has 0 heterocycles. The van der Waals surface area contributed by atoms with Crippen LogP contribution in [0.2, 0.25) is 0 Å². The lowest BCUT2D eigenvalue weighted by molar-refractivity contribution is 0.0713. The van der Waals surface area contributed by atoms with Crippen molar-refractivity contribution in [3.8, 4) is 0 Å². The van der Waals surface area contributed by atoms with Crippen molar-refractivity contribution in [2.24, 2.45) is 0 Å². The van der Waals surface area contributed by atoms with E-state index in [0.29, 0.717) is 18.4 Å². The third-order valence-electron chi connectivity index (χ3n) is 3.70. The molecule has 0 aliphatic heterocycles. The highest BCUT2D eigenvalue weighted by molar-refractivity contribution is 5.94. The molecule has 0 spiro atoms. The molecular formula is C19H21F2NO2. The molecule has 0 bridgehead atoms. The number of rotatable bonds is 6. The van der Waals surface area contributed by atoms with Crippen LogP contribution in [-0.4, -0.2) is 16.6 Å². The van der Waals surface area contributed by atoms with Gasteiger partial charge >= 0.3 is 0 Å². The summed E-state index contributed by atoms with van der Waals surface area (Å²) in [5.41, 5.74) is 0.990. The third-order valence-corrected chi connectivity index (χ3v) is 3.70. The Morgan fingerprint density at radius 1 is 1.12 bits per heavy atom. The molecule has 0 fully saturated rings. The first kappa shape index (κ1) is 18.1. The maximum Gasteiger partial charge on any atom is 0.251 e. The molecule has 5 heteroatoms. The van der Waals surface area contributed by atoms with Crippen LogP contribution in [-0.2, 0) is 13.0 Å². The summed E-state index contributed by atoms with van der Waals surface area (Å²) in [7, 11) is 0. The normalized spacial score (nSPS) is 11.4. The molecule has 2 aromatic rings. The molecule has 0 aliphatic rings. The Bertz CT molecular complexity index is 706. The van der Waals surface area contributed by atoms with E-state index >= 15 is 0 Å². The van der Waals surface area contributed by atoms with Gasteiger partial charge in [-0.15, -0.1) is 0 Å². The van der Waals surface area contributed by atoms with Crippen molar-refractivity contribution in [1.82, 2.24) is 5.32 Å². The average Bonchev–Trinajstić information content (AvgIpc) is 2.51. The summed E-state index contributed by atoms with van der Waals surface area (Å²) in [5.74, 6) is -1.66. The van der Waals surface area contributed by atoms with Gasteiger partial charge < -0.3 is 10.4 Å². The van der Waals surface area contributed by atoms with Gasteiger partial charge in [-0.1, -0.05) is 18.2 Å². The highest BCUT2D eigenvalue weighted by atomic mass is 19.1. The first-order valence-electron chi connectivity index (χ1n) is 7.78. The number of aryl methyl sites for hydroxylation is 1. The van der Waals surface area contributed by atoms with Crippen molar-refractivity contribution in [3.63, 3.8) is 0 Å². The lowest BCUT2D eigenvalue weighted by Gasteiger charge is -2.16. The number of nitrogens with one attached hydrogen (secondary N) is 1. The number of carbonyl (C=O) groups is 1. The van der Waals surface area contributed by atoms with E-state index in [1.165, 1.54) is 6.07 Å². The van der Waals surface area contributed by atoms with Crippen LogP contribution in [0.1, 0.15) is 41.8 Å². The quantitative estimate of drug-likeness (QED) is 0.849. The minimum absolute atomic E-state index is 0.00853. The van der Waals surface area contributed by atoms with Crippen molar-refractivity contribution >= 4 is 5.91 Å². The van der Waals surface area contributed by atoms with Gasteiger partial charge in [0, 0.05) is 23.7 Å². The summed E-state index contributed by atoms with van der Waals surface area (Å²) in [6.45, 7) is 3.50. The second-order valence-corrected chi connectivity index (χ2v) is 6.43. The minimum atomic E-state index is -0.727. The number of hydrogen-bond donors (Lipinski definition) is 2. The topological polar surface area (TPSA) is 49.3 Å². The standard InChI is InChI=1S/C19H21F2NO2/c1-19(2,24)10-9-13-3-5-14(6-4-13)18(23)22-12-15-7-8-16(20)11-17(15)21/h3-8,11,24H,9-10,12H2,1-2H3,(H,22,23). The predicted octanol–water partition coefficient (Wildman–Crippen LogP) is 3.60. The number of amides is 1. The molecule has 2 rings (SSSR count). The minimum Gasteiger partial charge on any atom is -0.390 e. The van der Waals surface area contributed by atoms with E-state index in [9.17, 15) is 18.7 Å². The first-order valence-corrected chi connectivity index (χ1v) is 7.78. The fourth-order valence-corrected chi connectivity index (χ4v) is 2.22. The number of hydrogen-bond acceptors (Lipinski definition) is 2. The summed E-state index contributed by atoms with van der Waals surface area (Å²) in [4.78, 5) is 12.1. The summed E-state index contributed by atoms with van der Waals surface area (Å²) >= 11 is 0. The smallest absolute Gasteiger partial charge is 0.251 e. The van der Waals surface area contributed by atoms with E-state index in [-0.39, 0.29) is 18.0 Å². The third kappa shape index (κ3) is 5.42. The van der Waals surface area contributed by atoms with E-state index in [4.69, 9.17) is 0 Å². The molecule has 128 valence electrons. The second kappa shape index (κ2) is 7.53. The Morgan fingerprint density at radius 3 is 2.38 bits per heavy atom. The van der Waals surface area contributed by atoms with Gasteiger partial charge in [-0.3, -0.25) is 4.79 Å². The van der Waals surface area contributed by atoms with Crippen LogP contribution in [0.25, 0.3) is 0 Å². The Kier molecular flexibility index (Phi) is 5.67. The van der Waals surface area contributed by atoms with E-state index < -0.39 is 17.2 Å². The predicted molar refractivity (Wildman–Crippen MR) is 88.6 cm³/mol. The Balaban J connectivity index is 1.92. The molecule has 0 saturated carbocycles. The molecule has 0 unspecified atom stereocenters. The zero-order valence-electron chi connectivity index (χ0n) is 13.8. The molecule has 3 nitrogen and oxygen atoms in total. The second-order valence-electron chi connectivity index (χ2n) is 6.43. The van der Waals surface area contributed by atoms with Gasteiger partial charge in [-0.05, 0) is 50.5 Å². The molecule has 1 amide bonds. The highest BCUT2D eigenvalue weighted by Gasteiger charge is 2.13. The molecule has 0 aromatic heterocycles. The summed E-state index contributed by atoms with van der Waals surface area (Å²) in [5, 5.41) is 12.3. The van der Waals surface area contributed by atoms with Crippen molar-refractivity contribution in [1.29, 1.82) is 0 Å². The number of carbonyl (C=O) groups excluding carboxylic acids is 1. The zero-order chi connectivity index (χ0) is 17.7. The lowest BCUT2D eigenvalue weighted by atomic mass is 9.98. The molecule has 24 heavy (non-hydrogen) atoms. The van der Waals surface area contributed by atoms with Crippen molar-refractivity contribution in [2.45, 2.75) is 38.8 Å². The van der Waals surface area contributed by atoms with Gasteiger partial charge in [-0.2, -0.15) is 0 Å². The molecule has 2 aromatic carbocycles. The van der Waals surface area contributed by atoms with E-state index in [1.54, 1.807) is 26.0 Å². The summed E-state index contributed by atoms with van der Waals surface area (Å²) in [6.07, 6.45) is 1.34. The number of halogens is 2. The monoisotopic (exact) mass is 333 g/mol. The van der Waals surface area contributed by atoms with Crippen LogP contribution in [0.4, 0.5) is 8.78 Å². The van der Waals surface area contributed by atoms with Crippen molar-refractivity contribution in [3.05, 3.63) is 70.8 Å². The Labute approximate surface area is 140 Å². The maximum atomic E-state index is 13.5. The van der Waals surface area contributed by atoms with E-state index in [1.807, 2.05) is 12.1 Å². The van der Waals surface area contributed by atoms with Gasteiger partial charge in [0.15, 0.2) is 0 Å². The van der Waals surface area contributed by atoms with Crippen LogP contribution in [0.5, 0.6) is 0 Å². The fourth-order valence-electron chi connectivity index (χ4n) is 2.22. The van der Waals surface area contributed by atoms with E-state index in [2.05, 4.69) is 5.32 Å². The van der Waals surface area contributed by atoms with Crippen LogP contribution < -0.4 is 5.32 Å². The van der Waals surface area contributed by atoms with E-state index in [0.717, 1.165) is 17.7 Å². The van der Waals surface area contributed by atoms with Crippen LogP contribution >= 0.6 is 0 Å². The SMILES string of the molecule is CC(C)(O)CCc1ccc(C(=O)NCc2ccc(F)cc2F)cc1. The zero-order valence-corrected chi connectivity index (χ0v) is 13.8. The Morgan fingerprint density at radius 2 is 1.79 bits per heavy atom. The van der Waals surface area contributed by atoms with Crippen molar-refractivity contribution in [2.75, 3.05) is 0 Å². The van der Waals surface area contributed by atoms with Gasteiger partial charge in [-0.25, -0.2) is 8.78 Å². The largest absolute Gasteiger partial charge is 0.390 e. The molecule has 0 radical (unpaired) electrons. The van der Waals surface area contributed by atoms with Crippen LogP contribution in [0.15, 0.2) is 42.5 Å². The highest BCUT2D eigenvalue weighted by Crippen LogP contribution is 2.14. The van der Waals surface area contributed by atoms with Crippen molar-refractivity contribution < 1.29 is 18.7 Å². The van der Waals surface area contributed by atoms with Crippen LogP contribution in [0, 0.1) is 11.6 Å².